The fourth-order valence-electron chi connectivity index (χ4n) is 3.07. The van der Waals surface area contributed by atoms with E-state index in [1.54, 1.807) is 17.0 Å². The molecule has 0 bridgehead atoms. The van der Waals surface area contributed by atoms with Gasteiger partial charge in [0.15, 0.2) is 0 Å². The first kappa shape index (κ1) is 15.0. The number of nitrogens with one attached hydrogen (secondary N) is 1. The molecule has 2 amide bonds. The summed E-state index contributed by atoms with van der Waals surface area (Å²) in [4.78, 5) is 26.2. The van der Waals surface area contributed by atoms with Gasteiger partial charge in [-0.2, -0.15) is 0 Å². The van der Waals surface area contributed by atoms with Crippen LogP contribution < -0.4 is 5.32 Å². The lowest BCUT2D eigenvalue weighted by molar-refractivity contribution is -0.131. The van der Waals surface area contributed by atoms with Crippen LogP contribution in [0.25, 0.3) is 0 Å². The summed E-state index contributed by atoms with van der Waals surface area (Å²) in [5.41, 5.74) is 0.418. The standard InChI is InChI=1S/C16H19FN2O3/c17-12-2-1-3-13(9-12)18-16(21)11-8-15(20)19(10-11)14-4-6-22-7-5-14/h1-3,9,11,14H,4-8,10H2,(H,18,21). The minimum Gasteiger partial charge on any atom is -0.381 e. The number of nitrogens with zero attached hydrogens (tertiary/aromatic N) is 1. The number of likely N-dealkylation sites (tertiary alicyclic amines) is 1. The quantitative estimate of drug-likeness (QED) is 0.926. The summed E-state index contributed by atoms with van der Waals surface area (Å²) in [7, 11) is 0. The third kappa shape index (κ3) is 3.27. The molecule has 6 heteroatoms. The molecular formula is C16H19FN2O3. The van der Waals surface area contributed by atoms with Crippen molar-refractivity contribution in [1.82, 2.24) is 4.90 Å². The second-order valence-corrected chi connectivity index (χ2v) is 5.79. The molecule has 2 saturated heterocycles. The molecule has 1 atom stereocenters. The molecule has 0 aliphatic carbocycles. The van der Waals surface area contributed by atoms with Crippen LogP contribution in [0.15, 0.2) is 24.3 Å². The highest BCUT2D eigenvalue weighted by atomic mass is 19.1. The van der Waals surface area contributed by atoms with Gasteiger partial charge in [-0.25, -0.2) is 4.39 Å². The molecule has 22 heavy (non-hydrogen) atoms. The monoisotopic (exact) mass is 306 g/mol. The first-order valence-electron chi connectivity index (χ1n) is 7.57. The van der Waals surface area contributed by atoms with Crippen molar-refractivity contribution < 1.29 is 18.7 Å². The Bertz CT molecular complexity index is 572. The van der Waals surface area contributed by atoms with E-state index in [2.05, 4.69) is 5.32 Å². The summed E-state index contributed by atoms with van der Waals surface area (Å²) >= 11 is 0. The Balaban J connectivity index is 1.61. The molecule has 5 nitrogen and oxygen atoms in total. The molecule has 1 aromatic rings. The van der Waals surface area contributed by atoms with Gasteiger partial charge >= 0.3 is 0 Å². The Morgan fingerprint density at radius 3 is 2.82 bits per heavy atom. The Morgan fingerprint density at radius 2 is 2.09 bits per heavy atom. The molecule has 0 radical (unpaired) electrons. The van der Waals surface area contributed by atoms with E-state index in [9.17, 15) is 14.0 Å². The van der Waals surface area contributed by atoms with Crippen molar-refractivity contribution in [2.75, 3.05) is 25.1 Å². The van der Waals surface area contributed by atoms with E-state index in [4.69, 9.17) is 4.74 Å². The van der Waals surface area contributed by atoms with E-state index in [0.29, 0.717) is 25.4 Å². The summed E-state index contributed by atoms with van der Waals surface area (Å²) in [6.45, 7) is 1.76. The number of benzene rings is 1. The molecular weight excluding hydrogens is 287 g/mol. The fraction of sp³-hybridized carbons (Fsp3) is 0.500. The molecule has 0 aromatic heterocycles. The van der Waals surface area contributed by atoms with Crippen LogP contribution in [0.2, 0.25) is 0 Å². The molecule has 0 spiro atoms. The second kappa shape index (κ2) is 6.44. The Labute approximate surface area is 128 Å². The van der Waals surface area contributed by atoms with Crippen molar-refractivity contribution in [3.63, 3.8) is 0 Å². The SMILES string of the molecule is O=C(Nc1cccc(F)c1)C1CC(=O)N(C2CCOCC2)C1. The Morgan fingerprint density at radius 1 is 1.32 bits per heavy atom. The number of hydrogen-bond acceptors (Lipinski definition) is 3. The van der Waals surface area contributed by atoms with Gasteiger partial charge in [0.2, 0.25) is 11.8 Å². The second-order valence-electron chi connectivity index (χ2n) is 5.79. The van der Waals surface area contributed by atoms with Crippen LogP contribution in [0.4, 0.5) is 10.1 Å². The molecule has 1 N–H and O–H groups in total. The zero-order valence-corrected chi connectivity index (χ0v) is 12.3. The number of carbonyl (C=O) groups is 2. The third-order valence-electron chi connectivity index (χ3n) is 4.25. The lowest BCUT2D eigenvalue weighted by Crippen LogP contribution is -2.41. The van der Waals surface area contributed by atoms with E-state index in [0.717, 1.165) is 12.8 Å². The number of hydrogen-bond donors (Lipinski definition) is 1. The molecule has 2 heterocycles. The van der Waals surface area contributed by atoms with Crippen LogP contribution >= 0.6 is 0 Å². The Kier molecular flexibility index (Phi) is 4.38. The van der Waals surface area contributed by atoms with Gasteiger partial charge in [-0.3, -0.25) is 9.59 Å². The zero-order valence-electron chi connectivity index (χ0n) is 12.3. The first-order valence-corrected chi connectivity index (χ1v) is 7.57. The van der Waals surface area contributed by atoms with Crippen LogP contribution in [0.1, 0.15) is 19.3 Å². The molecule has 2 aliphatic heterocycles. The van der Waals surface area contributed by atoms with Crippen molar-refractivity contribution in [2.45, 2.75) is 25.3 Å². The van der Waals surface area contributed by atoms with E-state index < -0.39 is 5.82 Å². The smallest absolute Gasteiger partial charge is 0.229 e. The summed E-state index contributed by atoms with van der Waals surface area (Å²) < 4.78 is 18.4. The lowest BCUT2D eigenvalue weighted by Gasteiger charge is -2.31. The predicted octanol–water partition coefficient (Wildman–Crippen LogP) is 1.79. The number of amides is 2. The van der Waals surface area contributed by atoms with Gasteiger partial charge in [-0.1, -0.05) is 6.07 Å². The van der Waals surface area contributed by atoms with Gasteiger partial charge < -0.3 is 15.0 Å². The van der Waals surface area contributed by atoms with Crippen LogP contribution in [0, 0.1) is 11.7 Å². The van der Waals surface area contributed by atoms with Crippen molar-refractivity contribution >= 4 is 17.5 Å². The van der Waals surface area contributed by atoms with E-state index >= 15 is 0 Å². The van der Waals surface area contributed by atoms with E-state index in [-0.39, 0.29) is 30.2 Å². The predicted molar refractivity (Wildman–Crippen MR) is 78.7 cm³/mol. The summed E-state index contributed by atoms with van der Waals surface area (Å²) in [5.74, 6) is -0.984. The molecule has 1 unspecified atom stereocenters. The van der Waals surface area contributed by atoms with Crippen LogP contribution in [-0.2, 0) is 14.3 Å². The van der Waals surface area contributed by atoms with Crippen molar-refractivity contribution in [3.05, 3.63) is 30.1 Å². The third-order valence-corrected chi connectivity index (χ3v) is 4.25. The largest absolute Gasteiger partial charge is 0.381 e. The number of halogens is 1. The van der Waals surface area contributed by atoms with Crippen molar-refractivity contribution in [2.24, 2.45) is 5.92 Å². The maximum Gasteiger partial charge on any atom is 0.229 e. The number of rotatable bonds is 3. The minimum absolute atomic E-state index is 0.0197. The molecule has 118 valence electrons. The molecule has 0 saturated carbocycles. The number of ether oxygens (including phenoxy) is 1. The average molecular weight is 306 g/mol. The molecule has 3 rings (SSSR count). The molecule has 2 aliphatic rings. The van der Waals surface area contributed by atoms with Gasteiger partial charge in [-0.15, -0.1) is 0 Å². The fourth-order valence-corrected chi connectivity index (χ4v) is 3.07. The van der Waals surface area contributed by atoms with Crippen LogP contribution in [0.5, 0.6) is 0 Å². The maximum absolute atomic E-state index is 13.1. The van der Waals surface area contributed by atoms with Crippen LogP contribution in [0.3, 0.4) is 0 Å². The highest BCUT2D eigenvalue weighted by molar-refractivity contribution is 5.97. The van der Waals surface area contributed by atoms with Crippen LogP contribution in [-0.4, -0.2) is 42.5 Å². The summed E-state index contributed by atoms with van der Waals surface area (Å²) in [5, 5.41) is 2.69. The van der Waals surface area contributed by atoms with Gasteiger partial charge in [0.1, 0.15) is 5.82 Å². The molecule has 1 aromatic carbocycles. The highest BCUT2D eigenvalue weighted by Crippen LogP contribution is 2.26. The summed E-state index contributed by atoms with van der Waals surface area (Å²) in [6.07, 6.45) is 1.87. The Hall–Kier alpha value is -1.95. The van der Waals surface area contributed by atoms with Gasteiger partial charge in [0.25, 0.3) is 0 Å². The van der Waals surface area contributed by atoms with Gasteiger partial charge in [-0.05, 0) is 31.0 Å². The van der Waals surface area contributed by atoms with Gasteiger partial charge in [0.05, 0.1) is 5.92 Å². The topological polar surface area (TPSA) is 58.6 Å². The molecule has 2 fully saturated rings. The maximum atomic E-state index is 13.1. The lowest BCUT2D eigenvalue weighted by atomic mass is 10.1. The number of carbonyl (C=O) groups excluding carboxylic acids is 2. The van der Waals surface area contributed by atoms with Crippen molar-refractivity contribution in [1.29, 1.82) is 0 Å². The van der Waals surface area contributed by atoms with E-state index in [1.807, 2.05) is 0 Å². The van der Waals surface area contributed by atoms with Crippen molar-refractivity contribution in [3.8, 4) is 0 Å². The average Bonchev–Trinajstić information content (AvgIpc) is 2.90. The van der Waals surface area contributed by atoms with E-state index in [1.165, 1.54) is 12.1 Å². The first-order chi connectivity index (χ1) is 10.6. The zero-order chi connectivity index (χ0) is 15.5. The minimum atomic E-state index is -0.399. The highest BCUT2D eigenvalue weighted by Gasteiger charge is 2.38. The van der Waals surface area contributed by atoms with Gasteiger partial charge in [0, 0.05) is 37.9 Å². The summed E-state index contributed by atoms with van der Waals surface area (Å²) in [6, 6.07) is 5.94. The number of anilines is 1. The normalized spacial score (nSPS) is 22.9.